The van der Waals surface area contributed by atoms with Crippen LogP contribution in [0.2, 0.25) is 5.02 Å². The highest BCUT2D eigenvalue weighted by Gasteiger charge is 2.59. The molecule has 168 valence electrons. The molecule has 0 unspecified atom stereocenters. The molecule has 2 bridgehead atoms. The summed E-state index contributed by atoms with van der Waals surface area (Å²) in [6.07, 6.45) is 0. The number of rotatable bonds is 3. The average Bonchev–Trinajstić information content (AvgIpc) is 2.77. The van der Waals surface area contributed by atoms with E-state index in [9.17, 15) is 4.79 Å². The SMILES string of the molecule is C[C@]12Oc3ccc(Br)cc3[C@@H](NC(=S)N1c1ccc(Br)cc1)[C@@H]2C(=O)Nc1ccc(Cl)cc1. The van der Waals surface area contributed by atoms with Crippen LogP contribution in [0.15, 0.2) is 75.7 Å². The minimum atomic E-state index is -1.07. The van der Waals surface area contributed by atoms with Crippen molar-refractivity contribution in [1.82, 2.24) is 5.32 Å². The summed E-state index contributed by atoms with van der Waals surface area (Å²) in [6, 6.07) is 20.2. The van der Waals surface area contributed by atoms with E-state index in [-0.39, 0.29) is 11.9 Å². The zero-order valence-corrected chi connectivity index (χ0v) is 22.1. The Morgan fingerprint density at radius 1 is 1.09 bits per heavy atom. The number of thiocarbonyl (C=S) groups is 1. The van der Waals surface area contributed by atoms with Crippen LogP contribution in [-0.2, 0) is 4.79 Å². The van der Waals surface area contributed by atoms with E-state index in [1.807, 2.05) is 54.3 Å². The first-order valence-electron chi connectivity index (χ1n) is 10.2. The van der Waals surface area contributed by atoms with Crippen LogP contribution in [-0.4, -0.2) is 16.7 Å². The van der Waals surface area contributed by atoms with Gasteiger partial charge in [-0.1, -0.05) is 43.5 Å². The lowest BCUT2D eigenvalue weighted by molar-refractivity contribution is -0.130. The maximum atomic E-state index is 13.8. The van der Waals surface area contributed by atoms with Crippen LogP contribution in [0, 0.1) is 5.92 Å². The number of carbonyl (C=O) groups is 1. The zero-order chi connectivity index (χ0) is 23.3. The number of hydrogen-bond donors (Lipinski definition) is 2. The van der Waals surface area contributed by atoms with E-state index in [4.69, 9.17) is 28.6 Å². The van der Waals surface area contributed by atoms with Crippen LogP contribution >= 0.6 is 55.7 Å². The maximum absolute atomic E-state index is 13.8. The number of anilines is 2. The first-order valence-corrected chi connectivity index (χ1v) is 12.5. The Balaban J connectivity index is 1.62. The second-order valence-electron chi connectivity index (χ2n) is 8.05. The minimum Gasteiger partial charge on any atom is -0.467 e. The molecule has 2 N–H and O–H groups in total. The molecule has 3 atom stereocenters. The normalized spacial score (nSPS) is 23.3. The third-order valence-corrected chi connectivity index (χ3v) is 7.51. The highest BCUT2D eigenvalue weighted by Crippen LogP contribution is 2.50. The summed E-state index contributed by atoms with van der Waals surface area (Å²) >= 11 is 18.8. The predicted molar refractivity (Wildman–Crippen MR) is 142 cm³/mol. The fourth-order valence-electron chi connectivity index (χ4n) is 4.49. The van der Waals surface area contributed by atoms with Gasteiger partial charge in [-0.25, -0.2) is 0 Å². The molecule has 33 heavy (non-hydrogen) atoms. The quantitative estimate of drug-likeness (QED) is 0.326. The molecule has 0 aromatic heterocycles. The van der Waals surface area contributed by atoms with Gasteiger partial charge in [-0.15, -0.1) is 0 Å². The number of carbonyl (C=O) groups excluding carboxylic acids is 1. The van der Waals surface area contributed by atoms with Gasteiger partial charge in [-0.05, 0) is 85.9 Å². The molecule has 0 radical (unpaired) electrons. The highest BCUT2D eigenvalue weighted by molar-refractivity contribution is 9.10. The second-order valence-corrected chi connectivity index (χ2v) is 10.7. The third kappa shape index (κ3) is 4.03. The molecule has 2 aliphatic heterocycles. The van der Waals surface area contributed by atoms with E-state index in [1.165, 1.54) is 0 Å². The maximum Gasteiger partial charge on any atom is 0.236 e. The van der Waals surface area contributed by atoms with Crippen molar-refractivity contribution in [2.45, 2.75) is 18.7 Å². The van der Waals surface area contributed by atoms with Crippen LogP contribution < -0.4 is 20.3 Å². The van der Waals surface area contributed by atoms with Crippen molar-refractivity contribution >= 4 is 78.1 Å². The molecule has 0 saturated carbocycles. The number of amides is 1. The summed E-state index contributed by atoms with van der Waals surface area (Å²) in [7, 11) is 0. The topological polar surface area (TPSA) is 53.6 Å². The average molecular weight is 608 g/mol. The lowest BCUT2D eigenvalue weighted by atomic mass is 9.78. The largest absolute Gasteiger partial charge is 0.467 e. The summed E-state index contributed by atoms with van der Waals surface area (Å²) in [6.45, 7) is 1.91. The summed E-state index contributed by atoms with van der Waals surface area (Å²) in [5.41, 5.74) is 1.28. The molecule has 5 nitrogen and oxygen atoms in total. The van der Waals surface area contributed by atoms with Crippen molar-refractivity contribution in [3.8, 4) is 5.75 Å². The van der Waals surface area contributed by atoms with E-state index in [2.05, 4.69) is 42.5 Å². The Morgan fingerprint density at radius 2 is 1.76 bits per heavy atom. The van der Waals surface area contributed by atoms with Crippen molar-refractivity contribution in [2.75, 3.05) is 10.2 Å². The minimum absolute atomic E-state index is 0.187. The number of halogens is 3. The van der Waals surface area contributed by atoms with Crippen LogP contribution in [0.1, 0.15) is 18.5 Å². The van der Waals surface area contributed by atoms with Gasteiger partial charge in [0, 0.05) is 30.9 Å². The van der Waals surface area contributed by atoms with Crippen LogP contribution in [0.3, 0.4) is 0 Å². The lowest BCUT2D eigenvalue weighted by Gasteiger charge is -2.56. The fourth-order valence-corrected chi connectivity index (χ4v) is 5.67. The van der Waals surface area contributed by atoms with Crippen molar-refractivity contribution < 1.29 is 9.53 Å². The van der Waals surface area contributed by atoms with Crippen molar-refractivity contribution in [3.63, 3.8) is 0 Å². The number of hydrogen-bond acceptors (Lipinski definition) is 3. The van der Waals surface area contributed by atoms with Gasteiger partial charge in [0.2, 0.25) is 5.91 Å². The standard InChI is InChI=1S/C24H18Br2ClN3O2S/c1-24-20(22(31)28-16-7-5-15(27)6-8-16)21(18-12-14(26)4-11-19(18)32-24)29-23(33)30(24)17-9-2-13(25)3-10-17/h2-12,20-21H,1H3,(H,28,31)(H,29,33)/t20-,21-,24-/m1/s1. The van der Waals surface area contributed by atoms with Gasteiger partial charge in [0.15, 0.2) is 10.8 Å². The zero-order valence-electron chi connectivity index (χ0n) is 17.3. The number of nitrogens with one attached hydrogen (secondary N) is 2. The molecule has 1 amide bonds. The molecule has 3 aromatic rings. The van der Waals surface area contributed by atoms with Crippen LogP contribution in [0.4, 0.5) is 11.4 Å². The van der Waals surface area contributed by atoms with Crippen molar-refractivity contribution in [1.29, 1.82) is 0 Å². The Hall–Kier alpha value is -2.13. The van der Waals surface area contributed by atoms with Gasteiger partial charge in [0.25, 0.3) is 0 Å². The molecule has 2 heterocycles. The molecular weight excluding hydrogens is 590 g/mol. The van der Waals surface area contributed by atoms with Crippen LogP contribution in [0.5, 0.6) is 5.75 Å². The van der Waals surface area contributed by atoms with Crippen molar-refractivity contribution in [2.24, 2.45) is 5.92 Å². The molecule has 2 aliphatic rings. The molecule has 0 spiro atoms. The molecule has 3 aromatic carbocycles. The van der Waals surface area contributed by atoms with E-state index < -0.39 is 11.6 Å². The molecule has 0 aliphatic carbocycles. The predicted octanol–water partition coefficient (Wildman–Crippen LogP) is 6.66. The Morgan fingerprint density at radius 3 is 2.45 bits per heavy atom. The van der Waals surface area contributed by atoms with Gasteiger partial charge in [0.05, 0.1) is 6.04 Å². The van der Waals surface area contributed by atoms with E-state index >= 15 is 0 Å². The number of benzene rings is 3. The van der Waals surface area contributed by atoms with Crippen LogP contribution in [0.25, 0.3) is 0 Å². The Kier molecular flexibility index (Phi) is 5.89. The van der Waals surface area contributed by atoms with E-state index in [1.54, 1.807) is 24.3 Å². The molecule has 5 rings (SSSR count). The highest BCUT2D eigenvalue weighted by atomic mass is 79.9. The molecule has 1 fully saturated rings. The second kappa shape index (κ2) is 8.58. The number of ether oxygens (including phenoxy) is 1. The molecule has 1 saturated heterocycles. The van der Waals surface area contributed by atoms with E-state index in [0.717, 1.165) is 20.2 Å². The summed E-state index contributed by atoms with van der Waals surface area (Å²) in [5, 5.41) is 7.53. The monoisotopic (exact) mass is 605 g/mol. The van der Waals surface area contributed by atoms with E-state index in [0.29, 0.717) is 21.6 Å². The summed E-state index contributed by atoms with van der Waals surface area (Å²) in [5.74, 6) is -0.101. The first kappa shape index (κ1) is 22.7. The number of fused-ring (bicyclic) bond motifs is 4. The van der Waals surface area contributed by atoms with Gasteiger partial charge in [-0.2, -0.15) is 0 Å². The van der Waals surface area contributed by atoms with Gasteiger partial charge >= 0.3 is 0 Å². The van der Waals surface area contributed by atoms with Gasteiger partial charge < -0.3 is 15.4 Å². The van der Waals surface area contributed by atoms with Gasteiger partial charge in [0.1, 0.15) is 11.7 Å². The Bertz CT molecular complexity index is 1260. The first-order chi connectivity index (χ1) is 15.8. The summed E-state index contributed by atoms with van der Waals surface area (Å²) in [4.78, 5) is 15.6. The lowest BCUT2D eigenvalue weighted by Crippen LogP contribution is -2.72. The Labute approximate surface area is 218 Å². The summed E-state index contributed by atoms with van der Waals surface area (Å²) < 4.78 is 8.43. The third-order valence-electron chi connectivity index (χ3n) is 5.94. The molecule has 9 heteroatoms. The molecular formula is C24H18Br2ClN3O2S. The van der Waals surface area contributed by atoms with Gasteiger partial charge in [-0.3, -0.25) is 9.69 Å². The smallest absolute Gasteiger partial charge is 0.236 e. The fraction of sp³-hybridized carbons (Fsp3) is 0.167. The van der Waals surface area contributed by atoms with Crippen molar-refractivity contribution in [3.05, 3.63) is 86.3 Å². The number of nitrogens with zero attached hydrogens (tertiary/aromatic N) is 1.